The summed E-state index contributed by atoms with van der Waals surface area (Å²) < 4.78 is 5.38. The third kappa shape index (κ3) is 5.56. The van der Waals surface area contributed by atoms with Gasteiger partial charge in [0.05, 0.1) is 18.4 Å². The van der Waals surface area contributed by atoms with Crippen LogP contribution in [0.25, 0.3) is 29.0 Å². The van der Waals surface area contributed by atoms with Crippen LogP contribution in [0.5, 0.6) is 5.75 Å². The number of rotatable bonds is 7. The number of halogens is 2. The van der Waals surface area contributed by atoms with Gasteiger partial charge in [-0.2, -0.15) is 0 Å². The molecule has 1 aliphatic rings. The van der Waals surface area contributed by atoms with Gasteiger partial charge < -0.3 is 14.7 Å². The van der Waals surface area contributed by atoms with Gasteiger partial charge in [0.1, 0.15) is 18.1 Å². The largest absolute Gasteiger partial charge is 0.497 e. The number of aromatic nitrogens is 2. The van der Waals surface area contributed by atoms with Crippen LogP contribution in [-0.4, -0.2) is 28.1 Å². The molecule has 1 N–H and O–H groups in total. The van der Waals surface area contributed by atoms with Crippen molar-refractivity contribution in [1.82, 2.24) is 9.94 Å². The number of benzene rings is 3. The predicted molar refractivity (Wildman–Crippen MR) is 145 cm³/mol. The molecule has 0 spiro atoms. The van der Waals surface area contributed by atoms with Crippen molar-refractivity contribution in [2.45, 2.75) is 13.0 Å². The van der Waals surface area contributed by atoms with E-state index >= 15 is 0 Å². The maximum absolute atomic E-state index is 11.2. The number of aromatic carboxylic acids is 1. The second kappa shape index (κ2) is 10.5. The summed E-state index contributed by atoms with van der Waals surface area (Å²) in [6, 6.07) is 19.7. The fourth-order valence-electron chi connectivity index (χ4n) is 4.09. The third-order valence-electron chi connectivity index (χ3n) is 5.97. The molecule has 0 atom stereocenters. The lowest BCUT2D eigenvalue weighted by atomic mass is 10.1. The van der Waals surface area contributed by atoms with Crippen LogP contribution >= 0.6 is 23.2 Å². The first-order valence-corrected chi connectivity index (χ1v) is 12.2. The van der Waals surface area contributed by atoms with E-state index in [-0.39, 0.29) is 12.2 Å². The third-order valence-corrected chi connectivity index (χ3v) is 6.40. The summed E-state index contributed by atoms with van der Waals surface area (Å²) in [5, 5.41) is 17.0. The fraction of sp³-hybridized carbons (Fsp3) is 0.103. The summed E-state index contributed by atoms with van der Waals surface area (Å²) in [6.07, 6.45) is 7.06. The summed E-state index contributed by atoms with van der Waals surface area (Å²) in [4.78, 5) is 18.8. The number of nitrogens with zero attached hydrogens (tertiary/aromatic N) is 2. The smallest absolute Gasteiger partial charge is 0.335 e. The van der Waals surface area contributed by atoms with Crippen LogP contribution in [0.3, 0.4) is 0 Å². The monoisotopic (exact) mass is 532 g/mol. The Bertz CT molecular complexity index is 1620. The predicted octanol–water partition coefficient (Wildman–Crippen LogP) is 5.24. The molecule has 1 heterocycles. The molecule has 186 valence electrons. The fourth-order valence-corrected chi connectivity index (χ4v) is 4.61. The summed E-state index contributed by atoms with van der Waals surface area (Å²) in [5.74, 6) is -0.175. The minimum Gasteiger partial charge on any atom is -0.497 e. The lowest BCUT2D eigenvalue weighted by molar-refractivity contribution is 0.0681. The summed E-state index contributed by atoms with van der Waals surface area (Å²) in [6.45, 7) is 0.192. The summed E-state index contributed by atoms with van der Waals surface area (Å²) in [7, 11) is 1.65. The Morgan fingerprint density at radius 2 is 1.73 bits per heavy atom. The topological polar surface area (TPSA) is 73.6 Å². The molecule has 0 amide bonds. The van der Waals surface area contributed by atoms with Crippen molar-refractivity contribution in [1.29, 1.82) is 0 Å². The van der Waals surface area contributed by atoms with Gasteiger partial charge in [-0.25, -0.2) is 4.79 Å². The Balaban J connectivity index is 1.54. The van der Waals surface area contributed by atoms with E-state index in [0.717, 1.165) is 38.6 Å². The Hall–Kier alpha value is -4.00. The second-order valence-corrected chi connectivity index (χ2v) is 9.33. The summed E-state index contributed by atoms with van der Waals surface area (Å²) >= 11 is 12.5. The molecule has 0 saturated heterocycles. The van der Waals surface area contributed by atoms with Crippen LogP contribution in [-0.2, 0) is 6.61 Å². The highest BCUT2D eigenvalue weighted by molar-refractivity contribution is 6.35. The molecular formula is C29H22Cl2N2O4. The van der Waals surface area contributed by atoms with Crippen molar-refractivity contribution >= 4 is 46.9 Å². The van der Waals surface area contributed by atoms with E-state index in [1.165, 1.54) is 4.85 Å². The molecule has 0 unspecified atom stereocenters. The van der Waals surface area contributed by atoms with E-state index in [2.05, 4.69) is 18.2 Å². The van der Waals surface area contributed by atoms with Crippen LogP contribution < -0.4 is 20.0 Å². The van der Waals surface area contributed by atoms with Crippen LogP contribution in [0, 0.1) is 0 Å². The summed E-state index contributed by atoms with van der Waals surface area (Å²) in [5.41, 5.74) is 4.13. The van der Waals surface area contributed by atoms with Crippen LogP contribution in [0.4, 0.5) is 0 Å². The molecule has 6 nitrogen and oxygen atoms in total. The van der Waals surface area contributed by atoms with Gasteiger partial charge in [-0.05, 0) is 77.0 Å². The van der Waals surface area contributed by atoms with Crippen molar-refractivity contribution in [2.24, 2.45) is 0 Å². The first kappa shape index (κ1) is 24.7. The number of allylic oxidation sites excluding steroid dienone is 2. The normalized spacial score (nSPS) is 12.5. The molecule has 37 heavy (non-hydrogen) atoms. The van der Waals surface area contributed by atoms with Gasteiger partial charge in [0.25, 0.3) is 0 Å². The van der Waals surface area contributed by atoms with Crippen LogP contribution in [0.1, 0.15) is 28.0 Å². The number of carboxylic acids is 1. The van der Waals surface area contributed by atoms with E-state index in [1.807, 2.05) is 24.3 Å². The average Bonchev–Trinajstić information content (AvgIpc) is 3.20. The maximum atomic E-state index is 11.2. The van der Waals surface area contributed by atoms with Crippen molar-refractivity contribution in [3.05, 3.63) is 110 Å². The van der Waals surface area contributed by atoms with Crippen LogP contribution in [0.15, 0.2) is 72.8 Å². The molecule has 5 rings (SSSR count). The van der Waals surface area contributed by atoms with Crippen molar-refractivity contribution in [2.75, 3.05) is 7.11 Å². The Morgan fingerprint density at radius 1 is 0.973 bits per heavy atom. The highest BCUT2D eigenvalue weighted by Crippen LogP contribution is 2.29. The van der Waals surface area contributed by atoms with E-state index in [1.54, 1.807) is 49.6 Å². The number of ether oxygens (including phenoxy) is 1. The first-order valence-electron chi connectivity index (χ1n) is 11.5. The van der Waals surface area contributed by atoms with Crippen molar-refractivity contribution < 1.29 is 19.5 Å². The van der Waals surface area contributed by atoms with E-state index in [4.69, 9.17) is 43.0 Å². The zero-order valence-corrected chi connectivity index (χ0v) is 21.3. The average molecular weight is 533 g/mol. The first-order chi connectivity index (χ1) is 17.9. The van der Waals surface area contributed by atoms with E-state index < -0.39 is 5.97 Å². The molecule has 8 heteroatoms. The minimum atomic E-state index is -0.975. The Morgan fingerprint density at radius 3 is 2.43 bits per heavy atom. The number of hydrogen-bond acceptors (Lipinski definition) is 4. The van der Waals surface area contributed by atoms with Crippen molar-refractivity contribution in [3.63, 3.8) is 0 Å². The lowest BCUT2D eigenvalue weighted by Gasteiger charge is -2.10. The molecule has 0 bridgehead atoms. The van der Waals surface area contributed by atoms with Gasteiger partial charge in [0.15, 0.2) is 0 Å². The molecule has 1 aliphatic carbocycles. The lowest BCUT2D eigenvalue weighted by Crippen LogP contribution is -2.24. The molecule has 4 aromatic rings. The Kier molecular flexibility index (Phi) is 7.04. The van der Waals surface area contributed by atoms with E-state index in [9.17, 15) is 4.79 Å². The van der Waals surface area contributed by atoms with Gasteiger partial charge in [-0.15, -0.1) is 5.10 Å². The zero-order valence-electron chi connectivity index (χ0n) is 19.8. The molecule has 0 saturated carbocycles. The maximum Gasteiger partial charge on any atom is 0.335 e. The molecule has 0 aliphatic heterocycles. The number of hydrogen-bond donors (Lipinski definition) is 1. The van der Waals surface area contributed by atoms with Gasteiger partial charge in [-0.3, -0.25) is 0 Å². The van der Waals surface area contributed by atoms with E-state index in [0.29, 0.717) is 22.2 Å². The SMILES string of the molecule is COc1ccc2c(c1)=CCC=C(c1cc(-c3cc(Cl)cc(Cl)c3)nn1OCc1ccc(C(=O)O)cc1)C=2. The molecule has 1 aromatic heterocycles. The number of methoxy groups -OCH3 is 1. The molecular weight excluding hydrogens is 511 g/mol. The molecule has 3 aromatic carbocycles. The second-order valence-electron chi connectivity index (χ2n) is 8.46. The van der Waals surface area contributed by atoms with Crippen LogP contribution in [0.2, 0.25) is 10.0 Å². The zero-order chi connectivity index (χ0) is 25.9. The standard InChI is InChI=1S/C29H22Cl2N2O4/c1-36-26-10-9-21-11-22(4-2-3-20(21)14-26)28-16-27(23-12-24(30)15-25(31)13-23)32-33(28)37-17-18-5-7-19(8-6-18)29(34)35/h3-16H,2,17H2,1H3,(H,34,35). The minimum absolute atomic E-state index is 0.192. The highest BCUT2D eigenvalue weighted by atomic mass is 35.5. The highest BCUT2D eigenvalue weighted by Gasteiger charge is 2.16. The number of fused-ring (bicyclic) bond motifs is 1. The van der Waals surface area contributed by atoms with Crippen molar-refractivity contribution in [3.8, 4) is 17.0 Å². The van der Waals surface area contributed by atoms with Gasteiger partial charge in [0, 0.05) is 21.2 Å². The molecule has 0 fully saturated rings. The quantitative estimate of drug-likeness (QED) is 0.352. The van der Waals surface area contributed by atoms with Gasteiger partial charge >= 0.3 is 5.97 Å². The molecule has 0 radical (unpaired) electrons. The van der Waals surface area contributed by atoms with Gasteiger partial charge in [-0.1, -0.05) is 58.4 Å². The number of carbonyl (C=O) groups is 1. The van der Waals surface area contributed by atoms with Gasteiger partial charge in [0.2, 0.25) is 0 Å². The number of carboxylic acid groups (broad SMARTS) is 1. The Labute approximate surface area is 223 Å².